The highest BCUT2D eigenvalue weighted by Crippen LogP contribution is 1.98. The van der Waals surface area contributed by atoms with Crippen molar-refractivity contribution in [3.8, 4) is 0 Å². The molecule has 0 aliphatic carbocycles. The van der Waals surface area contributed by atoms with Crippen molar-refractivity contribution >= 4 is 0 Å². The standard InChI is InChI=1S/C10H20N4/c1-4-5-6-14-10(12-8-13-14)7-11-9(2)3/h8-9,11H,4-7H2,1-3H3. The van der Waals surface area contributed by atoms with Crippen molar-refractivity contribution in [1.82, 2.24) is 20.1 Å². The molecule has 0 amide bonds. The monoisotopic (exact) mass is 196 g/mol. The van der Waals surface area contributed by atoms with Gasteiger partial charge in [0, 0.05) is 12.6 Å². The highest BCUT2D eigenvalue weighted by molar-refractivity contribution is 4.84. The molecule has 0 fully saturated rings. The van der Waals surface area contributed by atoms with Crippen molar-refractivity contribution in [3.63, 3.8) is 0 Å². The van der Waals surface area contributed by atoms with E-state index < -0.39 is 0 Å². The first kappa shape index (κ1) is 11.2. The van der Waals surface area contributed by atoms with E-state index >= 15 is 0 Å². The fraction of sp³-hybridized carbons (Fsp3) is 0.800. The lowest BCUT2D eigenvalue weighted by atomic mass is 10.3. The maximum absolute atomic E-state index is 4.23. The number of nitrogens with zero attached hydrogens (tertiary/aromatic N) is 3. The molecule has 0 bridgehead atoms. The average molecular weight is 196 g/mol. The van der Waals surface area contributed by atoms with Crippen LogP contribution in [-0.4, -0.2) is 20.8 Å². The van der Waals surface area contributed by atoms with E-state index in [1.807, 2.05) is 4.68 Å². The Morgan fingerprint density at radius 1 is 1.50 bits per heavy atom. The van der Waals surface area contributed by atoms with Crippen LogP contribution in [0.3, 0.4) is 0 Å². The lowest BCUT2D eigenvalue weighted by Gasteiger charge is -2.08. The molecule has 4 nitrogen and oxygen atoms in total. The summed E-state index contributed by atoms with van der Waals surface area (Å²) in [5.74, 6) is 1.03. The van der Waals surface area contributed by atoms with Gasteiger partial charge >= 0.3 is 0 Å². The Hall–Kier alpha value is -0.900. The Morgan fingerprint density at radius 3 is 2.93 bits per heavy atom. The second-order valence-electron chi connectivity index (χ2n) is 3.79. The van der Waals surface area contributed by atoms with Gasteiger partial charge in [0.25, 0.3) is 0 Å². The topological polar surface area (TPSA) is 42.7 Å². The molecule has 0 saturated heterocycles. The Balaban J connectivity index is 2.45. The van der Waals surface area contributed by atoms with Crippen molar-refractivity contribution in [2.75, 3.05) is 0 Å². The summed E-state index contributed by atoms with van der Waals surface area (Å²) in [5, 5.41) is 7.54. The molecule has 0 aliphatic rings. The van der Waals surface area contributed by atoms with Gasteiger partial charge in [-0.3, -0.25) is 0 Å². The molecule has 0 radical (unpaired) electrons. The van der Waals surface area contributed by atoms with Crippen LogP contribution in [0.2, 0.25) is 0 Å². The minimum atomic E-state index is 0.492. The number of hydrogen-bond donors (Lipinski definition) is 1. The zero-order chi connectivity index (χ0) is 10.4. The summed E-state index contributed by atoms with van der Waals surface area (Å²) in [6.45, 7) is 8.23. The van der Waals surface area contributed by atoms with Crippen LogP contribution < -0.4 is 5.32 Å². The molecule has 0 aromatic carbocycles. The summed E-state index contributed by atoms with van der Waals surface area (Å²) in [6, 6.07) is 0.492. The van der Waals surface area contributed by atoms with E-state index in [1.54, 1.807) is 6.33 Å². The van der Waals surface area contributed by atoms with Crippen LogP contribution in [0.25, 0.3) is 0 Å². The highest BCUT2D eigenvalue weighted by Gasteiger charge is 2.03. The van der Waals surface area contributed by atoms with Crippen molar-refractivity contribution < 1.29 is 0 Å². The van der Waals surface area contributed by atoms with E-state index in [4.69, 9.17) is 0 Å². The van der Waals surface area contributed by atoms with E-state index in [2.05, 4.69) is 36.2 Å². The summed E-state index contributed by atoms with van der Waals surface area (Å²) >= 11 is 0. The fourth-order valence-electron chi connectivity index (χ4n) is 1.22. The van der Waals surface area contributed by atoms with Gasteiger partial charge in [0.05, 0.1) is 6.54 Å². The number of hydrogen-bond acceptors (Lipinski definition) is 3. The molecule has 1 aromatic rings. The van der Waals surface area contributed by atoms with Gasteiger partial charge in [0.15, 0.2) is 0 Å². The molecule has 1 heterocycles. The van der Waals surface area contributed by atoms with E-state index in [0.29, 0.717) is 6.04 Å². The van der Waals surface area contributed by atoms with Gasteiger partial charge in [-0.25, -0.2) is 9.67 Å². The highest BCUT2D eigenvalue weighted by atomic mass is 15.3. The molecule has 0 atom stereocenters. The van der Waals surface area contributed by atoms with Crippen LogP contribution in [0, 0.1) is 0 Å². The van der Waals surface area contributed by atoms with E-state index in [1.165, 1.54) is 6.42 Å². The van der Waals surface area contributed by atoms with Crippen molar-refractivity contribution in [2.24, 2.45) is 0 Å². The minimum Gasteiger partial charge on any atom is -0.308 e. The first-order valence-electron chi connectivity index (χ1n) is 5.34. The minimum absolute atomic E-state index is 0.492. The van der Waals surface area contributed by atoms with Crippen molar-refractivity contribution in [1.29, 1.82) is 0 Å². The van der Waals surface area contributed by atoms with Gasteiger partial charge in [-0.05, 0) is 6.42 Å². The largest absolute Gasteiger partial charge is 0.308 e. The number of unbranched alkanes of at least 4 members (excludes halogenated alkanes) is 1. The molecular formula is C10H20N4. The van der Waals surface area contributed by atoms with Crippen LogP contribution in [0.1, 0.15) is 39.4 Å². The van der Waals surface area contributed by atoms with Crippen LogP contribution in [0.4, 0.5) is 0 Å². The molecule has 4 heteroatoms. The number of rotatable bonds is 6. The Kier molecular flexibility index (Phi) is 4.59. The zero-order valence-electron chi connectivity index (χ0n) is 9.32. The van der Waals surface area contributed by atoms with Gasteiger partial charge in [0.1, 0.15) is 12.2 Å². The summed E-state index contributed by atoms with van der Waals surface area (Å²) < 4.78 is 1.98. The smallest absolute Gasteiger partial charge is 0.140 e. The van der Waals surface area contributed by atoms with Crippen molar-refractivity contribution in [2.45, 2.75) is 52.7 Å². The third-order valence-corrected chi connectivity index (χ3v) is 2.09. The summed E-state index contributed by atoms with van der Waals surface area (Å²) in [4.78, 5) is 4.23. The molecule has 0 aliphatic heterocycles. The Labute approximate surface area is 85.7 Å². The van der Waals surface area contributed by atoms with Gasteiger partial charge in [-0.1, -0.05) is 27.2 Å². The molecule has 1 aromatic heterocycles. The SMILES string of the molecule is CCCCn1ncnc1CNC(C)C. The third kappa shape index (κ3) is 3.46. The molecule has 0 saturated carbocycles. The summed E-state index contributed by atoms with van der Waals surface area (Å²) in [7, 11) is 0. The van der Waals surface area contributed by atoms with Crippen LogP contribution >= 0.6 is 0 Å². The van der Waals surface area contributed by atoms with Crippen LogP contribution in [0.5, 0.6) is 0 Å². The van der Waals surface area contributed by atoms with E-state index in [0.717, 1.165) is 25.3 Å². The average Bonchev–Trinajstić information content (AvgIpc) is 2.58. The van der Waals surface area contributed by atoms with Crippen LogP contribution in [0.15, 0.2) is 6.33 Å². The third-order valence-electron chi connectivity index (χ3n) is 2.09. The molecule has 1 rings (SSSR count). The fourth-order valence-corrected chi connectivity index (χ4v) is 1.22. The molecule has 0 unspecified atom stereocenters. The van der Waals surface area contributed by atoms with Gasteiger partial charge in [-0.15, -0.1) is 0 Å². The van der Waals surface area contributed by atoms with Gasteiger partial charge in [0.2, 0.25) is 0 Å². The predicted molar refractivity (Wildman–Crippen MR) is 56.9 cm³/mol. The lowest BCUT2D eigenvalue weighted by molar-refractivity contribution is 0.505. The Bertz CT molecular complexity index is 254. The predicted octanol–water partition coefficient (Wildman–Crippen LogP) is 1.58. The van der Waals surface area contributed by atoms with E-state index in [9.17, 15) is 0 Å². The maximum Gasteiger partial charge on any atom is 0.140 e. The second-order valence-corrected chi connectivity index (χ2v) is 3.79. The maximum atomic E-state index is 4.23. The summed E-state index contributed by atoms with van der Waals surface area (Å²) in [5.41, 5.74) is 0. The van der Waals surface area contributed by atoms with Gasteiger partial charge < -0.3 is 5.32 Å². The molecule has 0 spiro atoms. The summed E-state index contributed by atoms with van der Waals surface area (Å²) in [6.07, 6.45) is 3.99. The lowest BCUT2D eigenvalue weighted by Crippen LogP contribution is -2.24. The molecule has 80 valence electrons. The molecular weight excluding hydrogens is 176 g/mol. The normalized spacial score (nSPS) is 11.1. The molecule has 1 N–H and O–H groups in total. The van der Waals surface area contributed by atoms with Gasteiger partial charge in [-0.2, -0.15) is 5.10 Å². The quantitative estimate of drug-likeness (QED) is 0.751. The Morgan fingerprint density at radius 2 is 2.29 bits per heavy atom. The number of nitrogens with one attached hydrogen (secondary N) is 1. The zero-order valence-corrected chi connectivity index (χ0v) is 9.32. The molecule has 14 heavy (non-hydrogen) atoms. The van der Waals surface area contributed by atoms with Crippen LogP contribution in [-0.2, 0) is 13.1 Å². The first-order chi connectivity index (χ1) is 6.74. The van der Waals surface area contributed by atoms with Crippen molar-refractivity contribution in [3.05, 3.63) is 12.2 Å². The second kappa shape index (κ2) is 5.75. The first-order valence-corrected chi connectivity index (χ1v) is 5.34. The van der Waals surface area contributed by atoms with E-state index in [-0.39, 0.29) is 0 Å². The number of aryl methyl sites for hydroxylation is 1. The number of aromatic nitrogens is 3.